The Morgan fingerprint density at radius 3 is 2.57 bits per heavy atom. The van der Waals surface area contributed by atoms with Gasteiger partial charge in [-0.05, 0) is 50.2 Å². The predicted octanol–water partition coefficient (Wildman–Crippen LogP) is 2.03. The number of carbonyl (C=O) groups excluding carboxylic acids is 2. The first-order valence-electron chi connectivity index (χ1n) is 9.86. The van der Waals surface area contributed by atoms with Gasteiger partial charge in [-0.3, -0.25) is 9.78 Å². The number of piperidine rings is 1. The van der Waals surface area contributed by atoms with Crippen molar-refractivity contribution in [1.29, 1.82) is 0 Å². The van der Waals surface area contributed by atoms with Gasteiger partial charge in [-0.25, -0.2) is 4.98 Å². The van der Waals surface area contributed by atoms with E-state index >= 15 is 0 Å². The molecule has 0 amide bonds. The first kappa shape index (κ1) is 18.4. The molecule has 1 spiro atoms. The molecule has 0 atom stereocenters. The molecule has 1 aromatic carbocycles. The van der Waals surface area contributed by atoms with Gasteiger partial charge < -0.3 is 10.2 Å². The van der Waals surface area contributed by atoms with Crippen LogP contribution in [0.5, 0.6) is 0 Å². The highest BCUT2D eigenvalue weighted by Crippen LogP contribution is 2.44. The molecule has 1 aromatic heterocycles. The molecule has 1 saturated heterocycles. The number of rotatable bonds is 1. The van der Waals surface area contributed by atoms with E-state index in [0.717, 1.165) is 75.4 Å². The first-order valence-corrected chi connectivity index (χ1v) is 9.86. The third kappa shape index (κ3) is 3.22. The molecule has 2 aromatic rings. The van der Waals surface area contributed by atoms with Crippen molar-refractivity contribution in [1.82, 2.24) is 9.97 Å². The van der Waals surface area contributed by atoms with E-state index in [9.17, 15) is 4.79 Å². The Morgan fingerprint density at radius 1 is 1.07 bits per heavy atom. The quantitative estimate of drug-likeness (QED) is 0.786. The summed E-state index contributed by atoms with van der Waals surface area (Å²) in [5, 5.41) is 3.57. The Bertz CT molecular complexity index is 954. The fourth-order valence-electron chi connectivity index (χ4n) is 4.79. The number of aryl methyl sites for hydroxylation is 1. The lowest BCUT2D eigenvalue weighted by atomic mass is 9.74. The molecule has 7 nitrogen and oxygen atoms in total. The third-order valence-electron chi connectivity index (χ3n) is 6.31. The molecule has 3 heterocycles. The highest BCUT2D eigenvalue weighted by molar-refractivity contribution is 5.61. The highest BCUT2D eigenvalue weighted by atomic mass is 16.2. The number of aromatic amines is 1. The topological polar surface area (TPSA) is 95.2 Å². The van der Waals surface area contributed by atoms with Gasteiger partial charge >= 0.3 is 6.15 Å². The second-order valence-corrected chi connectivity index (χ2v) is 7.77. The average molecular weight is 380 g/mol. The summed E-state index contributed by atoms with van der Waals surface area (Å²) in [5.74, 6) is 0.778. The molecule has 5 rings (SSSR count). The molecule has 146 valence electrons. The van der Waals surface area contributed by atoms with E-state index in [2.05, 4.69) is 39.5 Å². The minimum Gasteiger partial charge on any atom is -0.384 e. The maximum Gasteiger partial charge on any atom is 0.373 e. The van der Waals surface area contributed by atoms with Crippen molar-refractivity contribution in [2.24, 2.45) is 0 Å². The maximum atomic E-state index is 12.4. The van der Waals surface area contributed by atoms with Gasteiger partial charge in [-0.15, -0.1) is 0 Å². The summed E-state index contributed by atoms with van der Waals surface area (Å²) < 4.78 is 0. The van der Waals surface area contributed by atoms with E-state index in [1.54, 1.807) is 0 Å². The van der Waals surface area contributed by atoms with Crippen LogP contribution < -0.4 is 15.8 Å². The smallest absolute Gasteiger partial charge is 0.373 e. The van der Waals surface area contributed by atoms with Crippen LogP contribution in [-0.2, 0) is 27.8 Å². The van der Waals surface area contributed by atoms with Gasteiger partial charge in [0, 0.05) is 36.3 Å². The van der Waals surface area contributed by atoms with E-state index in [1.807, 2.05) is 0 Å². The number of hydrogen-bond donors (Lipinski definition) is 2. The van der Waals surface area contributed by atoms with Gasteiger partial charge in [-0.1, -0.05) is 18.2 Å². The van der Waals surface area contributed by atoms with Gasteiger partial charge in [0.25, 0.3) is 5.56 Å². The van der Waals surface area contributed by atoms with E-state index in [4.69, 9.17) is 14.6 Å². The van der Waals surface area contributed by atoms with Crippen molar-refractivity contribution >= 4 is 17.8 Å². The fraction of sp³-hybridized carbons (Fsp3) is 0.476. The molecule has 0 saturated carbocycles. The van der Waals surface area contributed by atoms with Gasteiger partial charge in [0.15, 0.2) is 0 Å². The molecule has 2 aliphatic heterocycles. The monoisotopic (exact) mass is 380 g/mol. The molecular weight excluding hydrogens is 356 g/mol. The number of benzene rings is 1. The minimum absolute atomic E-state index is 0.0767. The number of nitrogens with zero attached hydrogens (tertiary/aromatic N) is 2. The summed E-state index contributed by atoms with van der Waals surface area (Å²) in [5.41, 5.74) is 5.00. The molecule has 3 aliphatic rings. The van der Waals surface area contributed by atoms with E-state index in [0.29, 0.717) is 0 Å². The lowest BCUT2D eigenvalue weighted by Crippen LogP contribution is -2.45. The number of nitrogens with one attached hydrogen (secondary N) is 2. The second-order valence-electron chi connectivity index (χ2n) is 7.77. The third-order valence-corrected chi connectivity index (χ3v) is 6.31. The van der Waals surface area contributed by atoms with Crippen LogP contribution in [0.2, 0.25) is 0 Å². The molecule has 1 fully saturated rings. The van der Waals surface area contributed by atoms with Gasteiger partial charge in [0.1, 0.15) is 0 Å². The average Bonchev–Trinajstić information content (AvgIpc) is 3.08. The number of anilines is 2. The number of fused-ring (bicyclic) bond motifs is 3. The molecule has 0 radical (unpaired) electrons. The van der Waals surface area contributed by atoms with Gasteiger partial charge in [0.05, 0.1) is 5.69 Å². The van der Waals surface area contributed by atoms with Crippen LogP contribution in [-0.4, -0.2) is 35.8 Å². The first-order chi connectivity index (χ1) is 13.7. The minimum atomic E-state index is 0.0767. The van der Waals surface area contributed by atoms with Crippen molar-refractivity contribution in [3.05, 3.63) is 51.4 Å². The Morgan fingerprint density at radius 2 is 1.79 bits per heavy atom. The van der Waals surface area contributed by atoms with Crippen LogP contribution in [0, 0.1) is 0 Å². The Balaban J connectivity index is 0.000000604. The number of para-hydroxylation sites is 1. The molecule has 28 heavy (non-hydrogen) atoms. The van der Waals surface area contributed by atoms with Crippen LogP contribution in [0.3, 0.4) is 0 Å². The van der Waals surface area contributed by atoms with Crippen LogP contribution >= 0.6 is 0 Å². The van der Waals surface area contributed by atoms with Crippen LogP contribution in [0.4, 0.5) is 11.6 Å². The van der Waals surface area contributed by atoms with Crippen molar-refractivity contribution in [2.45, 2.75) is 43.9 Å². The molecule has 2 N–H and O–H groups in total. The summed E-state index contributed by atoms with van der Waals surface area (Å²) in [6.07, 6.45) is 6.52. The number of H-pyrrole nitrogens is 1. The second kappa shape index (κ2) is 7.60. The SMILES string of the molecule is O=C=O.O=c1[nH]c(N2CCC3(CC2)CNc2ccccc23)nc2c1CCCC2. The summed E-state index contributed by atoms with van der Waals surface area (Å²) in [7, 11) is 0. The molecule has 1 aliphatic carbocycles. The Labute approximate surface area is 163 Å². The normalized spacial score (nSPS) is 18.9. The van der Waals surface area contributed by atoms with Crippen molar-refractivity contribution < 1.29 is 9.59 Å². The lowest BCUT2D eigenvalue weighted by molar-refractivity contribution is -0.191. The standard InChI is InChI=1S/C20H24N4O.CO2/c25-18-14-5-1-3-7-16(14)22-19(23-18)24-11-9-20(10-12-24)13-21-17-8-4-2-6-15(17)20;2-1-3/h2,4,6,8,21H,1,3,5,7,9-13H2,(H,22,23,25);. The zero-order valence-corrected chi connectivity index (χ0v) is 15.8. The molecule has 0 bridgehead atoms. The lowest BCUT2D eigenvalue weighted by Gasteiger charge is -2.39. The zero-order valence-electron chi connectivity index (χ0n) is 15.8. The summed E-state index contributed by atoms with van der Waals surface area (Å²) in [4.78, 5) is 38.8. The largest absolute Gasteiger partial charge is 0.384 e. The zero-order chi connectivity index (χ0) is 19.6. The van der Waals surface area contributed by atoms with Crippen molar-refractivity contribution in [2.75, 3.05) is 29.9 Å². The van der Waals surface area contributed by atoms with Crippen LogP contribution in [0.25, 0.3) is 0 Å². The maximum absolute atomic E-state index is 12.4. The van der Waals surface area contributed by atoms with E-state index < -0.39 is 0 Å². The molecular formula is C21H24N4O3. The fourth-order valence-corrected chi connectivity index (χ4v) is 4.79. The van der Waals surface area contributed by atoms with Gasteiger partial charge in [-0.2, -0.15) is 9.59 Å². The highest BCUT2D eigenvalue weighted by Gasteiger charge is 2.41. The molecule has 0 unspecified atom stereocenters. The summed E-state index contributed by atoms with van der Waals surface area (Å²) >= 11 is 0. The van der Waals surface area contributed by atoms with E-state index in [1.165, 1.54) is 11.3 Å². The van der Waals surface area contributed by atoms with Crippen LogP contribution in [0.1, 0.15) is 42.5 Å². The number of aromatic nitrogens is 2. The predicted molar refractivity (Wildman–Crippen MR) is 105 cm³/mol. The van der Waals surface area contributed by atoms with Crippen molar-refractivity contribution in [3.8, 4) is 0 Å². The van der Waals surface area contributed by atoms with Crippen LogP contribution in [0.15, 0.2) is 29.1 Å². The molecule has 7 heteroatoms. The Kier molecular flexibility index (Phi) is 5.01. The summed E-state index contributed by atoms with van der Waals surface area (Å²) in [6, 6.07) is 8.69. The van der Waals surface area contributed by atoms with E-state index in [-0.39, 0.29) is 17.1 Å². The number of hydrogen-bond acceptors (Lipinski definition) is 6. The van der Waals surface area contributed by atoms with Crippen molar-refractivity contribution in [3.63, 3.8) is 0 Å². The summed E-state index contributed by atoms with van der Waals surface area (Å²) in [6.45, 7) is 2.91. The Hall–Kier alpha value is -2.92. The van der Waals surface area contributed by atoms with Gasteiger partial charge in [0.2, 0.25) is 5.95 Å².